The van der Waals surface area contributed by atoms with E-state index in [1.165, 1.54) is 25.7 Å². The number of anilines is 1. The smallest absolute Gasteiger partial charge is 0.344 e. The van der Waals surface area contributed by atoms with Gasteiger partial charge in [-0.3, -0.25) is 14.9 Å². The molecule has 0 bridgehead atoms. The van der Waals surface area contributed by atoms with Crippen molar-refractivity contribution in [2.75, 3.05) is 25.1 Å². The average Bonchev–Trinajstić information content (AvgIpc) is 2.73. The van der Waals surface area contributed by atoms with Gasteiger partial charge in [-0.1, -0.05) is 19.3 Å². The fraction of sp³-hybridized carbons (Fsp3) is 0.600. The first kappa shape index (κ1) is 20.1. The van der Waals surface area contributed by atoms with Crippen molar-refractivity contribution in [2.24, 2.45) is 5.92 Å². The average molecular weight is 389 g/mol. The van der Waals surface area contributed by atoms with Crippen molar-refractivity contribution in [2.45, 2.75) is 51.0 Å². The number of nitrogens with zero attached hydrogens (tertiary/aromatic N) is 2. The maximum Gasteiger partial charge on any atom is 0.344 e. The molecule has 0 radical (unpaired) electrons. The van der Waals surface area contributed by atoms with Gasteiger partial charge in [-0.2, -0.15) is 0 Å². The summed E-state index contributed by atoms with van der Waals surface area (Å²) >= 11 is 0. The Morgan fingerprint density at radius 2 is 1.82 bits per heavy atom. The number of methoxy groups -OCH3 is 1. The van der Waals surface area contributed by atoms with E-state index in [-0.39, 0.29) is 29.1 Å². The summed E-state index contributed by atoms with van der Waals surface area (Å²) in [5.41, 5.74) is 0.450. The zero-order chi connectivity index (χ0) is 20.1. The highest BCUT2D eigenvalue weighted by Crippen LogP contribution is 2.28. The first-order chi connectivity index (χ1) is 13.5. The Labute approximate surface area is 164 Å². The molecule has 1 saturated carbocycles. The molecule has 0 aromatic heterocycles. The second kappa shape index (κ2) is 9.03. The quantitative estimate of drug-likeness (QED) is 0.472. The third-order valence-electron chi connectivity index (χ3n) is 5.76. The third kappa shape index (κ3) is 4.61. The molecule has 1 aliphatic carbocycles. The SMILES string of the molecule is COC(=O)c1cc(N2CCC(NC(=O)C3CCCCC3)CC2)ccc1[N+](=O)[O-]. The molecule has 1 aromatic rings. The molecule has 1 saturated heterocycles. The van der Waals surface area contributed by atoms with Crippen LogP contribution >= 0.6 is 0 Å². The second-order valence-corrected chi connectivity index (χ2v) is 7.55. The summed E-state index contributed by atoms with van der Waals surface area (Å²) in [5.74, 6) is -0.381. The number of carbonyl (C=O) groups is 2. The largest absolute Gasteiger partial charge is 0.465 e. The van der Waals surface area contributed by atoms with Crippen molar-refractivity contribution in [1.82, 2.24) is 5.32 Å². The standard InChI is InChI=1S/C20H27N3O5/c1-28-20(25)17-13-16(7-8-18(17)23(26)27)22-11-9-15(10-12-22)21-19(24)14-5-3-2-4-6-14/h7-8,13-15H,2-6,9-12H2,1H3,(H,21,24). The van der Waals surface area contributed by atoms with Gasteiger partial charge in [0.2, 0.25) is 5.91 Å². The molecule has 8 heteroatoms. The summed E-state index contributed by atoms with van der Waals surface area (Å²) in [6, 6.07) is 4.68. The van der Waals surface area contributed by atoms with Crippen LogP contribution in [-0.2, 0) is 9.53 Å². The normalized spacial score (nSPS) is 18.5. The Balaban J connectivity index is 1.60. The molecule has 1 amide bonds. The lowest BCUT2D eigenvalue weighted by molar-refractivity contribution is -0.385. The molecule has 2 fully saturated rings. The highest BCUT2D eigenvalue weighted by molar-refractivity contribution is 5.95. The van der Waals surface area contributed by atoms with Gasteiger partial charge in [0.15, 0.2) is 0 Å². The van der Waals surface area contributed by atoms with E-state index in [9.17, 15) is 19.7 Å². The van der Waals surface area contributed by atoms with E-state index in [0.717, 1.165) is 44.2 Å². The number of amides is 1. The second-order valence-electron chi connectivity index (χ2n) is 7.55. The minimum Gasteiger partial charge on any atom is -0.465 e. The monoisotopic (exact) mass is 389 g/mol. The van der Waals surface area contributed by atoms with Gasteiger partial charge in [0, 0.05) is 36.8 Å². The van der Waals surface area contributed by atoms with Crippen LogP contribution in [-0.4, -0.2) is 43.0 Å². The van der Waals surface area contributed by atoms with Crippen LogP contribution in [0.3, 0.4) is 0 Å². The number of rotatable bonds is 5. The lowest BCUT2D eigenvalue weighted by Gasteiger charge is -2.35. The maximum absolute atomic E-state index is 12.4. The Hall–Kier alpha value is -2.64. The van der Waals surface area contributed by atoms with Gasteiger partial charge in [0.1, 0.15) is 5.56 Å². The van der Waals surface area contributed by atoms with Crippen LogP contribution in [0.25, 0.3) is 0 Å². The highest BCUT2D eigenvalue weighted by atomic mass is 16.6. The van der Waals surface area contributed by atoms with E-state index in [1.807, 2.05) is 0 Å². The fourth-order valence-corrected chi connectivity index (χ4v) is 4.12. The Morgan fingerprint density at radius 3 is 2.43 bits per heavy atom. The van der Waals surface area contributed by atoms with E-state index in [1.54, 1.807) is 6.07 Å². The highest BCUT2D eigenvalue weighted by Gasteiger charge is 2.27. The first-order valence-electron chi connectivity index (χ1n) is 9.91. The molecular weight excluding hydrogens is 362 g/mol. The molecule has 1 N–H and O–H groups in total. The zero-order valence-corrected chi connectivity index (χ0v) is 16.2. The summed E-state index contributed by atoms with van der Waals surface area (Å²) in [5, 5.41) is 14.3. The van der Waals surface area contributed by atoms with Crippen LogP contribution in [0.2, 0.25) is 0 Å². The van der Waals surface area contributed by atoms with Gasteiger partial charge in [-0.25, -0.2) is 4.79 Å². The van der Waals surface area contributed by atoms with Crippen LogP contribution < -0.4 is 10.2 Å². The molecule has 0 unspecified atom stereocenters. The molecule has 152 valence electrons. The molecule has 0 spiro atoms. The summed E-state index contributed by atoms with van der Waals surface area (Å²) < 4.78 is 4.68. The molecule has 3 rings (SSSR count). The maximum atomic E-state index is 12.4. The van der Waals surface area contributed by atoms with Gasteiger partial charge >= 0.3 is 5.97 Å². The Kier molecular flexibility index (Phi) is 6.49. The number of nitro benzene ring substituents is 1. The van der Waals surface area contributed by atoms with E-state index in [4.69, 9.17) is 0 Å². The summed E-state index contributed by atoms with van der Waals surface area (Å²) in [6.45, 7) is 1.43. The predicted octanol–water partition coefficient (Wildman–Crippen LogP) is 3.05. The molecule has 8 nitrogen and oxygen atoms in total. The number of piperidine rings is 1. The molecule has 28 heavy (non-hydrogen) atoms. The summed E-state index contributed by atoms with van der Waals surface area (Å²) in [6.07, 6.45) is 7.10. The van der Waals surface area contributed by atoms with Crippen molar-refractivity contribution in [1.29, 1.82) is 0 Å². The predicted molar refractivity (Wildman–Crippen MR) is 104 cm³/mol. The van der Waals surface area contributed by atoms with Crippen molar-refractivity contribution < 1.29 is 19.2 Å². The van der Waals surface area contributed by atoms with Gasteiger partial charge in [-0.05, 0) is 37.8 Å². The van der Waals surface area contributed by atoms with Crippen molar-refractivity contribution in [3.8, 4) is 0 Å². The molecular formula is C20H27N3O5. The van der Waals surface area contributed by atoms with Crippen molar-refractivity contribution >= 4 is 23.3 Å². The molecule has 1 aliphatic heterocycles. The fourth-order valence-electron chi connectivity index (χ4n) is 4.12. The van der Waals surface area contributed by atoms with Crippen LogP contribution in [0.15, 0.2) is 18.2 Å². The molecule has 1 aromatic carbocycles. The number of carbonyl (C=O) groups excluding carboxylic acids is 2. The van der Waals surface area contributed by atoms with Gasteiger partial charge < -0.3 is 15.0 Å². The number of nitro groups is 1. The van der Waals surface area contributed by atoms with Crippen molar-refractivity contribution in [3.05, 3.63) is 33.9 Å². The number of hydrogen-bond donors (Lipinski definition) is 1. The first-order valence-corrected chi connectivity index (χ1v) is 9.91. The van der Waals surface area contributed by atoms with Crippen LogP contribution in [0, 0.1) is 16.0 Å². The van der Waals surface area contributed by atoms with E-state index in [0.29, 0.717) is 13.1 Å². The lowest BCUT2D eigenvalue weighted by Crippen LogP contribution is -2.46. The Bertz CT molecular complexity index is 737. The van der Waals surface area contributed by atoms with Crippen molar-refractivity contribution in [3.63, 3.8) is 0 Å². The zero-order valence-electron chi connectivity index (χ0n) is 16.2. The van der Waals surface area contributed by atoms with E-state index in [2.05, 4.69) is 15.0 Å². The van der Waals surface area contributed by atoms with Crippen LogP contribution in [0.1, 0.15) is 55.3 Å². The molecule has 0 atom stereocenters. The number of benzene rings is 1. The van der Waals surface area contributed by atoms with Crippen LogP contribution in [0.4, 0.5) is 11.4 Å². The number of hydrogen-bond acceptors (Lipinski definition) is 6. The van der Waals surface area contributed by atoms with E-state index < -0.39 is 10.9 Å². The van der Waals surface area contributed by atoms with Crippen LogP contribution in [0.5, 0.6) is 0 Å². The summed E-state index contributed by atoms with van der Waals surface area (Å²) in [7, 11) is 1.21. The molecule has 1 heterocycles. The van der Waals surface area contributed by atoms with Gasteiger partial charge in [0.05, 0.1) is 12.0 Å². The number of ether oxygens (including phenoxy) is 1. The van der Waals surface area contributed by atoms with Gasteiger partial charge in [-0.15, -0.1) is 0 Å². The Morgan fingerprint density at radius 1 is 1.14 bits per heavy atom. The number of esters is 1. The third-order valence-corrected chi connectivity index (χ3v) is 5.76. The minimum atomic E-state index is -0.719. The lowest BCUT2D eigenvalue weighted by atomic mass is 9.88. The molecule has 2 aliphatic rings. The topological polar surface area (TPSA) is 102 Å². The van der Waals surface area contributed by atoms with Gasteiger partial charge in [0.25, 0.3) is 5.69 Å². The number of nitrogens with one attached hydrogen (secondary N) is 1. The minimum absolute atomic E-state index is 0.0438. The summed E-state index contributed by atoms with van der Waals surface area (Å²) in [4.78, 5) is 37.0. The van der Waals surface area contributed by atoms with E-state index >= 15 is 0 Å².